The van der Waals surface area contributed by atoms with Crippen molar-refractivity contribution >= 4 is 46.5 Å². The quantitative estimate of drug-likeness (QED) is 0.469. The molecule has 124 valence electrons. The minimum absolute atomic E-state index is 0.164. The van der Waals surface area contributed by atoms with Crippen LogP contribution in [0.25, 0.3) is 0 Å². The summed E-state index contributed by atoms with van der Waals surface area (Å²) in [5.74, 6) is -0.460. The lowest BCUT2D eigenvalue weighted by molar-refractivity contribution is -0.140. The zero-order chi connectivity index (χ0) is 17.0. The van der Waals surface area contributed by atoms with Gasteiger partial charge in [-0.2, -0.15) is 0 Å². The van der Waals surface area contributed by atoms with Crippen molar-refractivity contribution in [1.82, 2.24) is 10.6 Å². The van der Waals surface area contributed by atoms with Gasteiger partial charge in [-0.15, -0.1) is 0 Å². The summed E-state index contributed by atoms with van der Waals surface area (Å²) in [6, 6.07) is 4.57. The van der Waals surface area contributed by atoms with Crippen LogP contribution in [0, 0.1) is 0 Å². The van der Waals surface area contributed by atoms with Gasteiger partial charge in [-0.05, 0) is 36.8 Å². The molecule has 1 aliphatic rings. The first kappa shape index (κ1) is 18.0. The summed E-state index contributed by atoms with van der Waals surface area (Å²) >= 11 is 17.4. The molecule has 0 aromatic heterocycles. The topological polar surface area (TPSA) is 59.6 Å². The molecule has 0 radical (unpaired) electrons. The molecule has 1 aromatic rings. The molecule has 8 heteroatoms. The number of hydrogen-bond donors (Lipinski definition) is 2. The van der Waals surface area contributed by atoms with E-state index in [1.165, 1.54) is 7.11 Å². The van der Waals surface area contributed by atoms with Crippen molar-refractivity contribution in [3.05, 3.63) is 45.1 Å². The van der Waals surface area contributed by atoms with Crippen LogP contribution in [0.3, 0.4) is 0 Å². The fourth-order valence-electron chi connectivity index (χ4n) is 2.23. The monoisotopic (exact) mass is 374 g/mol. The SMILES string of the molecule is COCCOC(=O)C1=C(C)NC(=S)N[C@@H]1c1ccc(Cl)cc1Cl. The van der Waals surface area contributed by atoms with E-state index in [0.717, 1.165) is 0 Å². The summed E-state index contributed by atoms with van der Waals surface area (Å²) in [6.07, 6.45) is 0. The number of carbonyl (C=O) groups is 1. The Labute approximate surface area is 149 Å². The van der Waals surface area contributed by atoms with Crippen molar-refractivity contribution in [2.24, 2.45) is 0 Å². The van der Waals surface area contributed by atoms with E-state index in [1.807, 2.05) is 0 Å². The van der Waals surface area contributed by atoms with Gasteiger partial charge < -0.3 is 20.1 Å². The van der Waals surface area contributed by atoms with Crippen LogP contribution in [0.2, 0.25) is 10.0 Å². The molecule has 0 saturated carbocycles. The van der Waals surface area contributed by atoms with Crippen molar-refractivity contribution in [2.45, 2.75) is 13.0 Å². The highest BCUT2D eigenvalue weighted by Gasteiger charge is 2.32. The molecule has 1 heterocycles. The number of ether oxygens (including phenoxy) is 2. The lowest BCUT2D eigenvalue weighted by Crippen LogP contribution is -2.45. The van der Waals surface area contributed by atoms with Gasteiger partial charge in [0.05, 0.1) is 18.2 Å². The van der Waals surface area contributed by atoms with Crippen LogP contribution in [0.5, 0.6) is 0 Å². The number of carbonyl (C=O) groups excluding carboxylic acids is 1. The number of thiocarbonyl (C=S) groups is 1. The van der Waals surface area contributed by atoms with Crippen LogP contribution in [-0.4, -0.2) is 31.4 Å². The van der Waals surface area contributed by atoms with E-state index in [9.17, 15) is 4.79 Å². The van der Waals surface area contributed by atoms with E-state index in [1.54, 1.807) is 25.1 Å². The molecule has 1 aliphatic heterocycles. The van der Waals surface area contributed by atoms with Crippen molar-refractivity contribution in [3.8, 4) is 0 Å². The second kappa shape index (κ2) is 7.97. The van der Waals surface area contributed by atoms with Crippen LogP contribution < -0.4 is 10.6 Å². The number of halogens is 2. The van der Waals surface area contributed by atoms with E-state index >= 15 is 0 Å². The lowest BCUT2D eigenvalue weighted by atomic mass is 9.95. The average molecular weight is 375 g/mol. The van der Waals surface area contributed by atoms with Gasteiger partial charge in [0.25, 0.3) is 0 Å². The molecule has 0 aliphatic carbocycles. The number of methoxy groups -OCH3 is 1. The Morgan fingerprint density at radius 1 is 1.35 bits per heavy atom. The summed E-state index contributed by atoms with van der Waals surface area (Å²) < 4.78 is 10.1. The molecule has 2 N–H and O–H groups in total. The van der Waals surface area contributed by atoms with Gasteiger partial charge in [0.2, 0.25) is 0 Å². The number of esters is 1. The lowest BCUT2D eigenvalue weighted by Gasteiger charge is -2.30. The van der Waals surface area contributed by atoms with Crippen LogP contribution >= 0.6 is 35.4 Å². The summed E-state index contributed by atoms with van der Waals surface area (Å²) in [5.41, 5.74) is 1.73. The minimum atomic E-state index is -0.511. The molecule has 0 amide bonds. The molecule has 0 spiro atoms. The molecule has 1 atom stereocenters. The number of nitrogens with one attached hydrogen (secondary N) is 2. The van der Waals surface area contributed by atoms with E-state index in [2.05, 4.69) is 10.6 Å². The fraction of sp³-hybridized carbons (Fsp3) is 0.333. The van der Waals surface area contributed by atoms with Crippen LogP contribution in [0.4, 0.5) is 0 Å². The molecule has 5 nitrogen and oxygen atoms in total. The largest absolute Gasteiger partial charge is 0.460 e. The van der Waals surface area contributed by atoms with Crippen molar-refractivity contribution < 1.29 is 14.3 Å². The van der Waals surface area contributed by atoms with Crippen LogP contribution in [0.1, 0.15) is 18.5 Å². The average Bonchev–Trinajstić information content (AvgIpc) is 2.46. The molecule has 0 fully saturated rings. The second-order valence-corrected chi connectivity index (χ2v) is 6.12. The predicted molar refractivity (Wildman–Crippen MR) is 93.6 cm³/mol. The summed E-state index contributed by atoms with van der Waals surface area (Å²) in [5, 5.41) is 7.34. The highest BCUT2D eigenvalue weighted by Crippen LogP contribution is 2.33. The first-order chi connectivity index (χ1) is 10.9. The van der Waals surface area contributed by atoms with Crippen LogP contribution in [0.15, 0.2) is 29.5 Å². The fourth-order valence-corrected chi connectivity index (χ4v) is 3.02. The predicted octanol–water partition coefficient (Wildman–Crippen LogP) is 2.98. The molecular formula is C15H16Cl2N2O3S. The zero-order valence-corrected chi connectivity index (χ0v) is 14.9. The maximum absolute atomic E-state index is 12.4. The van der Waals surface area contributed by atoms with Crippen molar-refractivity contribution in [2.75, 3.05) is 20.3 Å². The zero-order valence-electron chi connectivity index (χ0n) is 12.6. The standard InChI is InChI=1S/C15H16Cl2N2O3S/c1-8-12(14(20)22-6-5-21-2)13(19-15(23)18-8)10-4-3-9(16)7-11(10)17/h3-4,7,13H,5-6H2,1-2H3,(H2,18,19,23)/t13-/m1/s1. The Hall–Kier alpha value is -1.34. The first-order valence-electron chi connectivity index (χ1n) is 6.83. The van der Waals surface area contributed by atoms with E-state index < -0.39 is 12.0 Å². The Bertz CT molecular complexity index is 664. The summed E-state index contributed by atoms with van der Waals surface area (Å²) in [4.78, 5) is 12.4. The van der Waals surface area contributed by atoms with Gasteiger partial charge in [-0.25, -0.2) is 4.79 Å². The maximum Gasteiger partial charge on any atom is 0.338 e. The number of hydrogen-bond acceptors (Lipinski definition) is 4. The molecular weight excluding hydrogens is 359 g/mol. The van der Waals surface area contributed by atoms with E-state index in [0.29, 0.717) is 38.6 Å². The molecule has 23 heavy (non-hydrogen) atoms. The molecule has 0 saturated heterocycles. The Morgan fingerprint density at radius 2 is 2.09 bits per heavy atom. The third-order valence-corrected chi connectivity index (χ3v) is 4.07. The highest BCUT2D eigenvalue weighted by molar-refractivity contribution is 7.80. The Balaban J connectivity index is 2.36. The third-order valence-electron chi connectivity index (χ3n) is 3.28. The number of allylic oxidation sites excluding steroid dienone is 1. The molecule has 0 bridgehead atoms. The highest BCUT2D eigenvalue weighted by atomic mass is 35.5. The van der Waals surface area contributed by atoms with Gasteiger partial charge >= 0.3 is 5.97 Å². The van der Waals surface area contributed by atoms with Crippen molar-refractivity contribution in [1.29, 1.82) is 0 Å². The first-order valence-corrected chi connectivity index (χ1v) is 7.99. The Kier molecular flexibility index (Phi) is 6.24. The van der Waals surface area contributed by atoms with E-state index in [-0.39, 0.29) is 6.61 Å². The Morgan fingerprint density at radius 3 is 2.74 bits per heavy atom. The van der Waals surface area contributed by atoms with Gasteiger partial charge in [0, 0.05) is 22.9 Å². The smallest absolute Gasteiger partial charge is 0.338 e. The third kappa shape index (κ3) is 4.35. The second-order valence-electron chi connectivity index (χ2n) is 4.86. The normalized spacial score (nSPS) is 17.6. The van der Waals surface area contributed by atoms with Crippen molar-refractivity contribution in [3.63, 3.8) is 0 Å². The number of rotatable bonds is 5. The maximum atomic E-state index is 12.4. The van der Waals surface area contributed by atoms with Gasteiger partial charge in [-0.1, -0.05) is 29.3 Å². The summed E-state index contributed by atoms with van der Waals surface area (Å²) in [7, 11) is 1.54. The van der Waals surface area contributed by atoms with E-state index in [4.69, 9.17) is 44.9 Å². The number of benzene rings is 1. The molecule has 1 aromatic carbocycles. The van der Waals surface area contributed by atoms with Gasteiger partial charge in [0.15, 0.2) is 5.11 Å². The minimum Gasteiger partial charge on any atom is -0.460 e. The van der Waals surface area contributed by atoms with Gasteiger partial charge in [0.1, 0.15) is 6.61 Å². The van der Waals surface area contributed by atoms with Gasteiger partial charge in [-0.3, -0.25) is 0 Å². The van der Waals surface area contributed by atoms with Crippen LogP contribution in [-0.2, 0) is 14.3 Å². The molecule has 0 unspecified atom stereocenters. The summed E-state index contributed by atoms with van der Waals surface area (Å²) in [6.45, 7) is 2.25. The molecule has 2 rings (SSSR count).